The average molecular weight is 1010 g/mol. The molecule has 0 saturated carbocycles. The standard InChI is InChI=1S/C76H69NO/c1-7-53(59-27-25-58-26-28-60(58)46-59)45-51(4)55-23-21-52(22-24-55)49-78-66-41-35-62(36-42-66)76(61-33-29-54(30-34-61)50(2)3)72-20-14-12-18-68(72)70-44-40-65(48-74(70)76)77(63-37-31-57(32-38-63)56-15-9-8-10-16-56)64-39-43-69-67-17-11-13-19-71(67)75(5,6)73(69)47-64/h8-25,27,29-44,46-48,50-51,53H,7,26,28,45,49H2,1-6H3. The van der Waals surface area contributed by atoms with Crippen LogP contribution in [0, 0.1) is 0 Å². The van der Waals surface area contributed by atoms with Crippen LogP contribution >= 0.6 is 0 Å². The van der Waals surface area contributed by atoms with E-state index in [-0.39, 0.29) is 5.41 Å². The highest BCUT2D eigenvalue weighted by atomic mass is 16.5. The highest BCUT2D eigenvalue weighted by Gasteiger charge is 2.47. The Bertz CT molecular complexity index is 3810. The first-order valence-electron chi connectivity index (χ1n) is 28.6. The van der Waals surface area contributed by atoms with Gasteiger partial charge in [-0.25, -0.2) is 0 Å². The van der Waals surface area contributed by atoms with Gasteiger partial charge in [0.15, 0.2) is 0 Å². The molecule has 2 nitrogen and oxygen atoms in total. The first-order valence-corrected chi connectivity index (χ1v) is 28.6. The quantitative estimate of drug-likeness (QED) is 0.101. The van der Waals surface area contributed by atoms with Crippen LogP contribution in [0.25, 0.3) is 33.4 Å². The molecular weight excluding hydrogens is 943 g/mol. The normalized spacial score (nSPS) is 16.0. The van der Waals surface area contributed by atoms with Crippen molar-refractivity contribution in [3.8, 4) is 39.1 Å². The van der Waals surface area contributed by atoms with E-state index in [9.17, 15) is 0 Å². The van der Waals surface area contributed by atoms with E-state index in [2.05, 4.69) is 277 Å². The second-order valence-corrected chi connectivity index (χ2v) is 23.3. The zero-order valence-corrected chi connectivity index (χ0v) is 46.1. The molecule has 0 aliphatic heterocycles. The van der Waals surface area contributed by atoms with Gasteiger partial charge in [-0.05, 0) is 192 Å². The first kappa shape index (κ1) is 49.4. The van der Waals surface area contributed by atoms with Crippen molar-refractivity contribution in [3.05, 3.63) is 297 Å². The fourth-order valence-corrected chi connectivity index (χ4v) is 13.5. The lowest BCUT2D eigenvalue weighted by Crippen LogP contribution is -2.29. The summed E-state index contributed by atoms with van der Waals surface area (Å²) in [6.07, 6.45) is 4.79. The second-order valence-electron chi connectivity index (χ2n) is 23.3. The van der Waals surface area contributed by atoms with Crippen LogP contribution in [-0.4, -0.2) is 0 Å². The lowest BCUT2D eigenvalue weighted by atomic mass is 9.67. The molecule has 0 spiro atoms. The highest BCUT2D eigenvalue weighted by molar-refractivity contribution is 5.91. The van der Waals surface area contributed by atoms with Gasteiger partial charge in [0.25, 0.3) is 0 Å². The van der Waals surface area contributed by atoms with Crippen molar-refractivity contribution >= 4 is 17.1 Å². The monoisotopic (exact) mass is 1010 g/mol. The second kappa shape index (κ2) is 20.0. The Morgan fingerprint density at radius 1 is 0.449 bits per heavy atom. The average Bonchev–Trinajstić information content (AvgIpc) is 4.15. The number of benzene rings is 10. The largest absolute Gasteiger partial charge is 0.489 e. The molecule has 10 aromatic carbocycles. The van der Waals surface area contributed by atoms with Crippen LogP contribution in [0.2, 0.25) is 0 Å². The van der Waals surface area contributed by atoms with Gasteiger partial charge in [-0.1, -0.05) is 224 Å². The fourth-order valence-electron chi connectivity index (χ4n) is 13.5. The van der Waals surface area contributed by atoms with Gasteiger partial charge in [0.1, 0.15) is 12.4 Å². The molecule has 3 unspecified atom stereocenters. The predicted octanol–water partition coefficient (Wildman–Crippen LogP) is 20.0. The van der Waals surface area contributed by atoms with Crippen molar-refractivity contribution < 1.29 is 4.74 Å². The zero-order chi connectivity index (χ0) is 53.1. The molecule has 0 fully saturated rings. The number of anilines is 3. The molecule has 2 heteroatoms. The van der Waals surface area contributed by atoms with Gasteiger partial charge in [-0.2, -0.15) is 0 Å². The van der Waals surface area contributed by atoms with E-state index in [1.165, 1.54) is 102 Å². The molecular formula is C76H69NO. The molecule has 0 saturated heterocycles. The van der Waals surface area contributed by atoms with E-state index < -0.39 is 5.41 Å². The molecule has 13 rings (SSSR count). The third kappa shape index (κ3) is 8.49. The van der Waals surface area contributed by atoms with Gasteiger partial charge in [-0.15, -0.1) is 0 Å². The van der Waals surface area contributed by atoms with Crippen LogP contribution < -0.4 is 9.64 Å². The van der Waals surface area contributed by atoms with Gasteiger partial charge >= 0.3 is 0 Å². The van der Waals surface area contributed by atoms with Crippen molar-refractivity contribution in [3.63, 3.8) is 0 Å². The highest BCUT2D eigenvalue weighted by Crippen LogP contribution is 2.58. The number of hydrogen-bond donors (Lipinski definition) is 0. The van der Waals surface area contributed by atoms with Crippen LogP contribution in [-0.2, 0) is 30.3 Å². The number of hydrogen-bond acceptors (Lipinski definition) is 2. The van der Waals surface area contributed by atoms with Crippen LogP contribution in [0.1, 0.15) is 139 Å². The molecule has 0 aromatic heterocycles. The Morgan fingerprint density at radius 2 is 0.987 bits per heavy atom. The lowest BCUT2D eigenvalue weighted by molar-refractivity contribution is 0.306. The number of nitrogens with zero attached hydrogens (tertiary/aromatic N) is 1. The summed E-state index contributed by atoms with van der Waals surface area (Å²) in [5, 5.41) is 0. The first-order chi connectivity index (χ1) is 38.1. The molecule has 0 N–H and O–H groups in total. The Morgan fingerprint density at radius 3 is 1.63 bits per heavy atom. The Hall–Kier alpha value is -8.20. The van der Waals surface area contributed by atoms with Crippen molar-refractivity contribution in [1.82, 2.24) is 0 Å². The van der Waals surface area contributed by atoms with Crippen LogP contribution in [0.15, 0.2) is 231 Å². The maximum Gasteiger partial charge on any atom is 0.119 e. The fraction of sp³-hybridized carbons (Fsp3) is 0.211. The third-order valence-electron chi connectivity index (χ3n) is 18.1. The number of rotatable bonds is 15. The summed E-state index contributed by atoms with van der Waals surface area (Å²) in [4.78, 5) is 2.48. The molecule has 78 heavy (non-hydrogen) atoms. The Kier molecular flexibility index (Phi) is 12.7. The van der Waals surface area contributed by atoms with Crippen molar-refractivity contribution in [2.24, 2.45) is 0 Å². The maximum absolute atomic E-state index is 6.64. The number of aryl methyl sites for hydroxylation is 2. The van der Waals surface area contributed by atoms with Crippen molar-refractivity contribution in [2.45, 2.75) is 102 Å². The summed E-state index contributed by atoms with van der Waals surface area (Å²) in [5.74, 6) is 2.32. The van der Waals surface area contributed by atoms with Crippen LogP contribution in [0.3, 0.4) is 0 Å². The molecule has 0 heterocycles. The predicted molar refractivity (Wildman–Crippen MR) is 326 cm³/mol. The minimum Gasteiger partial charge on any atom is -0.489 e. The van der Waals surface area contributed by atoms with E-state index in [1.54, 1.807) is 11.1 Å². The van der Waals surface area contributed by atoms with Crippen LogP contribution in [0.5, 0.6) is 5.75 Å². The van der Waals surface area contributed by atoms with Gasteiger partial charge in [-0.3, -0.25) is 0 Å². The van der Waals surface area contributed by atoms with E-state index in [4.69, 9.17) is 4.74 Å². The minimum absolute atomic E-state index is 0.150. The third-order valence-corrected chi connectivity index (χ3v) is 18.1. The van der Waals surface area contributed by atoms with Gasteiger partial charge in [0.05, 0.1) is 5.41 Å². The summed E-state index contributed by atoms with van der Waals surface area (Å²) in [6, 6.07) is 87.0. The van der Waals surface area contributed by atoms with Gasteiger partial charge in [0, 0.05) is 22.5 Å². The van der Waals surface area contributed by atoms with Crippen molar-refractivity contribution in [2.75, 3.05) is 4.90 Å². The topological polar surface area (TPSA) is 12.5 Å². The molecule has 10 aromatic rings. The maximum atomic E-state index is 6.64. The SMILES string of the molecule is CCC(CC(C)c1ccc(COc2ccc(C3(c4ccc(C(C)C)cc4)c4ccccc4-c4ccc(N(c5ccc(-c6ccccc6)cc5)c5ccc6c(c5)C(C)(C)c5ccccc5-6)cc43)cc2)cc1)c1ccc2c(c1)CC2. The molecule has 0 radical (unpaired) electrons. The molecule has 3 atom stereocenters. The van der Waals surface area contributed by atoms with E-state index in [0.717, 1.165) is 35.7 Å². The van der Waals surface area contributed by atoms with E-state index in [1.807, 2.05) is 0 Å². The summed E-state index contributed by atoms with van der Waals surface area (Å²) in [5.41, 5.74) is 26.4. The lowest BCUT2D eigenvalue weighted by Gasteiger charge is -2.35. The van der Waals surface area contributed by atoms with Gasteiger partial charge < -0.3 is 9.64 Å². The van der Waals surface area contributed by atoms with Gasteiger partial charge in [0.2, 0.25) is 0 Å². The minimum atomic E-state index is -0.620. The Balaban J connectivity index is 0.867. The van der Waals surface area contributed by atoms with Crippen LogP contribution in [0.4, 0.5) is 17.1 Å². The molecule has 384 valence electrons. The molecule has 0 bridgehead atoms. The zero-order valence-electron chi connectivity index (χ0n) is 46.1. The number of ether oxygens (including phenoxy) is 1. The summed E-state index contributed by atoms with van der Waals surface area (Å²) < 4.78 is 6.64. The molecule has 0 amide bonds. The van der Waals surface area contributed by atoms with E-state index in [0.29, 0.717) is 24.4 Å². The van der Waals surface area contributed by atoms with Crippen molar-refractivity contribution in [1.29, 1.82) is 0 Å². The Labute approximate surface area is 463 Å². The molecule has 3 aliphatic rings. The van der Waals surface area contributed by atoms with E-state index >= 15 is 0 Å². The summed E-state index contributed by atoms with van der Waals surface area (Å²) in [7, 11) is 0. The molecule has 3 aliphatic carbocycles. The smallest absolute Gasteiger partial charge is 0.119 e. The number of fused-ring (bicyclic) bond motifs is 7. The summed E-state index contributed by atoms with van der Waals surface area (Å²) in [6.45, 7) is 14.5. The summed E-state index contributed by atoms with van der Waals surface area (Å²) >= 11 is 0.